The van der Waals surface area contributed by atoms with E-state index in [2.05, 4.69) is 15.9 Å². The molecular formula is C15H16BrNO2S. The third kappa shape index (κ3) is 3.99. The third-order valence-electron chi connectivity index (χ3n) is 2.99. The van der Waals surface area contributed by atoms with Crippen molar-refractivity contribution in [3.05, 3.63) is 64.1 Å². The molecule has 0 aromatic heterocycles. The second-order valence-corrected chi connectivity index (χ2v) is 6.84. The zero-order chi connectivity index (χ0) is 14.5. The molecule has 2 unspecified atom stereocenters. The summed E-state index contributed by atoms with van der Waals surface area (Å²) >= 11 is 3.34. The minimum atomic E-state index is -1.22. The van der Waals surface area contributed by atoms with Crippen LogP contribution in [0.5, 0.6) is 0 Å². The summed E-state index contributed by atoms with van der Waals surface area (Å²) in [6.07, 6.45) is -0.744. The Morgan fingerprint density at radius 2 is 1.70 bits per heavy atom. The maximum Gasteiger partial charge on any atom is 0.0908 e. The van der Waals surface area contributed by atoms with Crippen LogP contribution >= 0.6 is 15.9 Å². The number of aliphatic hydroxyl groups is 1. The monoisotopic (exact) mass is 353 g/mol. The van der Waals surface area contributed by atoms with Crippen LogP contribution in [0.2, 0.25) is 0 Å². The highest BCUT2D eigenvalue weighted by molar-refractivity contribution is 9.10. The maximum atomic E-state index is 12.2. The number of rotatable bonds is 5. The van der Waals surface area contributed by atoms with Gasteiger partial charge in [-0.25, -0.2) is 0 Å². The van der Waals surface area contributed by atoms with Crippen molar-refractivity contribution in [3.63, 3.8) is 0 Å². The summed E-state index contributed by atoms with van der Waals surface area (Å²) in [7, 11) is -1.22. The highest BCUT2D eigenvalue weighted by Gasteiger charge is 2.13. The SMILES string of the molecule is NCc1ccc(C(O)CS(=O)c2ccc(Br)cc2)cc1. The standard InChI is InChI=1S/C15H16BrNO2S/c16-13-5-7-14(8-6-13)20(19)10-15(18)12-3-1-11(9-17)2-4-12/h1-8,15,18H,9-10,17H2. The lowest BCUT2D eigenvalue weighted by Gasteiger charge is -2.11. The van der Waals surface area contributed by atoms with E-state index in [9.17, 15) is 9.32 Å². The van der Waals surface area contributed by atoms with Gasteiger partial charge < -0.3 is 10.8 Å². The van der Waals surface area contributed by atoms with Crippen LogP contribution in [0.3, 0.4) is 0 Å². The van der Waals surface area contributed by atoms with E-state index >= 15 is 0 Å². The van der Waals surface area contributed by atoms with Crippen LogP contribution in [-0.2, 0) is 17.3 Å². The first kappa shape index (κ1) is 15.4. The smallest absolute Gasteiger partial charge is 0.0908 e. The van der Waals surface area contributed by atoms with Crippen LogP contribution in [0, 0.1) is 0 Å². The minimum Gasteiger partial charge on any atom is -0.387 e. The van der Waals surface area contributed by atoms with E-state index in [1.54, 1.807) is 12.1 Å². The molecule has 2 rings (SSSR count). The van der Waals surface area contributed by atoms with E-state index in [1.807, 2.05) is 36.4 Å². The average Bonchev–Trinajstić information content (AvgIpc) is 2.48. The fraction of sp³-hybridized carbons (Fsp3) is 0.200. The van der Waals surface area contributed by atoms with Crippen molar-refractivity contribution in [3.8, 4) is 0 Å². The summed E-state index contributed by atoms with van der Waals surface area (Å²) in [6.45, 7) is 0.473. The zero-order valence-electron chi connectivity index (χ0n) is 10.8. The van der Waals surface area contributed by atoms with Gasteiger partial charge in [-0.1, -0.05) is 40.2 Å². The van der Waals surface area contributed by atoms with Gasteiger partial charge >= 0.3 is 0 Å². The molecule has 0 bridgehead atoms. The van der Waals surface area contributed by atoms with Crippen LogP contribution in [0.1, 0.15) is 17.2 Å². The van der Waals surface area contributed by atoms with E-state index in [0.29, 0.717) is 11.4 Å². The van der Waals surface area contributed by atoms with Crippen LogP contribution in [0.4, 0.5) is 0 Å². The van der Waals surface area contributed by atoms with E-state index in [4.69, 9.17) is 5.73 Å². The molecule has 2 aromatic carbocycles. The lowest BCUT2D eigenvalue weighted by molar-refractivity contribution is 0.203. The Bertz CT molecular complexity index is 584. The van der Waals surface area contributed by atoms with Gasteiger partial charge in [0, 0.05) is 15.9 Å². The first-order chi connectivity index (χ1) is 9.60. The van der Waals surface area contributed by atoms with Gasteiger partial charge in [0.1, 0.15) is 0 Å². The fourth-order valence-corrected chi connectivity index (χ4v) is 3.17. The Hall–Kier alpha value is -1.01. The van der Waals surface area contributed by atoms with E-state index in [1.165, 1.54) is 0 Å². The van der Waals surface area contributed by atoms with Crippen molar-refractivity contribution >= 4 is 26.7 Å². The lowest BCUT2D eigenvalue weighted by Crippen LogP contribution is -2.09. The summed E-state index contributed by atoms with van der Waals surface area (Å²) in [4.78, 5) is 0.714. The molecule has 2 aromatic rings. The van der Waals surface area contributed by atoms with Gasteiger partial charge in [0.15, 0.2) is 0 Å². The van der Waals surface area contributed by atoms with Crippen LogP contribution in [0.15, 0.2) is 57.9 Å². The van der Waals surface area contributed by atoms with Gasteiger partial charge in [0.05, 0.1) is 22.7 Å². The molecule has 0 radical (unpaired) electrons. The molecule has 3 N–H and O–H groups in total. The molecule has 0 fully saturated rings. The van der Waals surface area contributed by atoms with Crippen LogP contribution in [0.25, 0.3) is 0 Å². The third-order valence-corrected chi connectivity index (χ3v) is 4.93. The second kappa shape index (κ2) is 7.13. The van der Waals surface area contributed by atoms with Gasteiger partial charge in [0.25, 0.3) is 0 Å². The van der Waals surface area contributed by atoms with Crippen molar-refractivity contribution in [2.75, 3.05) is 5.75 Å². The molecule has 0 aliphatic carbocycles. The molecular weight excluding hydrogens is 338 g/mol. The van der Waals surface area contributed by atoms with E-state index in [0.717, 1.165) is 15.6 Å². The van der Waals surface area contributed by atoms with E-state index < -0.39 is 16.9 Å². The molecule has 2 atom stereocenters. The largest absolute Gasteiger partial charge is 0.387 e. The highest BCUT2D eigenvalue weighted by Crippen LogP contribution is 2.19. The quantitative estimate of drug-likeness (QED) is 0.868. The molecule has 0 aliphatic heterocycles. The second-order valence-electron chi connectivity index (χ2n) is 4.43. The maximum absolute atomic E-state index is 12.2. The first-order valence-corrected chi connectivity index (χ1v) is 8.32. The number of hydrogen-bond acceptors (Lipinski definition) is 3. The molecule has 0 spiro atoms. The van der Waals surface area contributed by atoms with Gasteiger partial charge in [-0.05, 0) is 35.4 Å². The highest BCUT2D eigenvalue weighted by atomic mass is 79.9. The molecule has 3 nitrogen and oxygen atoms in total. The van der Waals surface area contributed by atoms with Crippen molar-refractivity contribution in [2.45, 2.75) is 17.5 Å². The van der Waals surface area contributed by atoms with Crippen molar-refractivity contribution in [2.24, 2.45) is 5.73 Å². The summed E-state index contributed by atoms with van der Waals surface area (Å²) in [5.74, 6) is 0.184. The normalized spacial score (nSPS) is 13.9. The predicted octanol–water partition coefficient (Wildman–Crippen LogP) is 2.75. The summed E-state index contributed by atoms with van der Waals surface area (Å²) in [6, 6.07) is 14.7. The Balaban J connectivity index is 2.04. The average molecular weight is 354 g/mol. The molecule has 0 aliphatic rings. The molecule has 106 valence electrons. The van der Waals surface area contributed by atoms with Crippen molar-refractivity contribution < 1.29 is 9.32 Å². The predicted molar refractivity (Wildman–Crippen MR) is 84.7 cm³/mol. The number of hydrogen-bond donors (Lipinski definition) is 2. The van der Waals surface area contributed by atoms with Crippen LogP contribution in [-0.4, -0.2) is 15.1 Å². The van der Waals surface area contributed by atoms with Crippen molar-refractivity contribution in [1.29, 1.82) is 0 Å². The Morgan fingerprint density at radius 1 is 1.10 bits per heavy atom. The topological polar surface area (TPSA) is 63.3 Å². The molecule has 0 saturated heterocycles. The fourth-order valence-electron chi connectivity index (χ4n) is 1.80. The number of nitrogens with two attached hydrogens (primary N) is 1. The van der Waals surface area contributed by atoms with Gasteiger partial charge in [-0.2, -0.15) is 0 Å². The number of halogens is 1. The summed E-state index contributed by atoms with van der Waals surface area (Å²) < 4.78 is 13.1. The van der Waals surface area contributed by atoms with Gasteiger partial charge in [0.2, 0.25) is 0 Å². The molecule has 5 heteroatoms. The first-order valence-electron chi connectivity index (χ1n) is 6.21. The lowest BCUT2D eigenvalue weighted by atomic mass is 10.1. The zero-order valence-corrected chi connectivity index (χ0v) is 13.2. The Labute approximate surface area is 129 Å². The van der Waals surface area contributed by atoms with Crippen molar-refractivity contribution in [1.82, 2.24) is 0 Å². The van der Waals surface area contributed by atoms with Crippen LogP contribution < -0.4 is 5.73 Å². The van der Waals surface area contributed by atoms with Gasteiger partial charge in [-0.15, -0.1) is 0 Å². The summed E-state index contributed by atoms with van der Waals surface area (Å²) in [5.41, 5.74) is 7.30. The van der Waals surface area contributed by atoms with Gasteiger partial charge in [-0.3, -0.25) is 4.21 Å². The summed E-state index contributed by atoms with van der Waals surface area (Å²) in [5, 5.41) is 10.1. The van der Waals surface area contributed by atoms with E-state index in [-0.39, 0.29) is 5.75 Å². The number of benzene rings is 2. The Kier molecular flexibility index (Phi) is 5.48. The number of aliphatic hydroxyl groups excluding tert-OH is 1. The minimum absolute atomic E-state index is 0.184. The molecule has 20 heavy (non-hydrogen) atoms. The Morgan fingerprint density at radius 3 is 2.25 bits per heavy atom. The molecule has 0 amide bonds. The molecule has 0 saturated carbocycles. The molecule has 0 heterocycles.